The first-order chi connectivity index (χ1) is 12.4. The smallest absolute Gasteiger partial charge is 0.251 e. The van der Waals surface area contributed by atoms with Crippen LogP contribution in [0.4, 0.5) is 0 Å². The molecule has 1 unspecified atom stereocenters. The number of sulfone groups is 1. The van der Waals surface area contributed by atoms with Gasteiger partial charge in [-0.25, -0.2) is 8.42 Å². The Morgan fingerprint density at radius 2 is 1.77 bits per heavy atom. The van der Waals surface area contributed by atoms with Gasteiger partial charge in [-0.15, -0.1) is 0 Å². The van der Waals surface area contributed by atoms with Crippen LogP contribution in [0, 0.1) is 0 Å². The van der Waals surface area contributed by atoms with Gasteiger partial charge in [0.15, 0.2) is 9.84 Å². The molecule has 1 atom stereocenters. The van der Waals surface area contributed by atoms with E-state index in [0.717, 1.165) is 5.56 Å². The van der Waals surface area contributed by atoms with Gasteiger partial charge in [-0.05, 0) is 35.7 Å². The number of fused-ring (bicyclic) bond motifs is 1. The maximum absolute atomic E-state index is 12.5. The Kier molecular flexibility index (Phi) is 5.08. The summed E-state index contributed by atoms with van der Waals surface area (Å²) in [6, 6.07) is 13.4. The highest BCUT2D eigenvalue weighted by Crippen LogP contribution is 2.32. The predicted molar refractivity (Wildman–Crippen MR) is 97.3 cm³/mol. The summed E-state index contributed by atoms with van der Waals surface area (Å²) < 4.78 is 24.4. The Morgan fingerprint density at radius 3 is 2.46 bits per heavy atom. The maximum atomic E-state index is 12.5. The second-order valence-electron chi connectivity index (χ2n) is 6.28. The summed E-state index contributed by atoms with van der Waals surface area (Å²) in [6.45, 7) is 1.86. The summed E-state index contributed by atoms with van der Waals surface area (Å²) in [4.78, 5) is 23.8. The van der Waals surface area contributed by atoms with Gasteiger partial charge < -0.3 is 10.6 Å². The molecule has 26 heavy (non-hydrogen) atoms. The Hall–Kier alpha value is -2.67. The average Bonchev–Trinajstić information content (AvgIpc) is 2.63. The Bertz CT molecular complexity index is 936. The van der Waals surface area contributed by atoms with Crippen LogP contribution in [0.15, 0.2) is 53.4 Å². The van der Waals surface area contributed by atoms with Crippen LogP contribution < -0.4 is 10.6 Å². The zero-order valence-electron chi connectivity index (χ0n) is 14.4. The largest absolute Gasteiger partial charge is 0.352 e. The minimum absolute atomic E-state index is 0.0185. The van der Waals surface area contributed by atoms with Gasteiger partial charge in [0.1, 0.15) is 0 Å². The molecule has 3 rings (SSSR count). The van der Waals surface area contributed by atoms with Crippen molar-refractivity contribution < 1.29 is 18.0 Å². The lowest BCUT2D eigenvalue weighted by Crippen LogP contribution is -2.33. The van der Waals surface area contributed by atoms with Gasteiger partial charge in [-0.3, -0.25) is 9.59 Å². The molecule has 2 N–H and O–H groups in total. The molecule has 2 amide bonds. The van der Waals surface area contributed by atoms with E-state index < -0.39 is 9.84 Å². The van der Waals surface area contributed by atoms with Crippen molar-refractivity contribution in [3.05, 3.63) is 65.2 Å². The van der Waals surface area contributed by atoms with E-state index in [4.69, 9.17) is 0 Å². The van der Waals surface area contributed by atoms with Crippen LogP contribution in [0.25, 0.3) is 0 Å². The monoisotopic (exact) mass is 372 g/mol. The number of rotatable bonds is 4. The van der Waals surface area contributed by atoms with E-state index in [9.17, 15) is 18.0 Å². The van der Waals surface area contributed by atoms with Crippen LogP contribution in [0.3, 0.4) is 0 Å². The molecule has 0 bridgehead atoms. The quantitative estimate of drug-likeness (QED) is 0.858. The number of nitrogens with one attached hydrogen (secondary N) is 2. The zero-order chi connectivity index (χ0) is 18.7. The first-order valence-electron chi connectivity index (χ1n) is 8.33. The van der Waals surface area contributed by atoms with E-state index in [0.29, 0.717) is 29.0 Å². The molecule has 7 heteroatoms. The highest BCUT2D eigenvalue weighted by atomic mass is 32.2. The molecule has 0 spiro atoms. The lowest BCUT2D eigenvalue weighted by molar-refractivity contribution is -0.119. The number of benzene rings is 2. The Balaban J connectivity index is 1.73. The van der Waals surface area contributed by atoms with Gasteiger partial charge in [0.2, 0.25) is 5.91 Å². The van der Waals surface area contributed by atoms with Crippen molar-refractivity contribution in [1.29, 1.82) is 0 Å². The van der Waals surface area contributed by atoms with Crippen molar-refractivity contribution in [2.75, 3.05) is 5.75 Å². The standard InChI is InChI=1S/C19H20N2O4S/c1-13(22)20-12-14-6-8-15(9-7-14)19(23)21-17-10-11-26(24,25)18-5-3-2-4-16(17)18/h2-9,17H,10-12H2,1H3,(H,20,22)(H,21,23). The number of carbonyl (C=O) groups excluding carboxylic acids is 2. The summed E-state index contributed by atoms with van der Waals surface area (Å²) in [5.74, 6) is -0.349. The summed E-state index contributed by atoms with van der Waals surface area (Å²) in [5.41, 5.74) is 2.02. The fraction of sp³-hybridized carbons (Fsp3) is 0.263. The van der Waals surface area contributed by atoms with E-state index in [1.807, 2.05) is 0 Å². The number of amides is 2. The van der Waals surface area contributed by atoms with Gasteiger partial charge >= 0.3 is 0 Å². The molecule has 2 aromatic rings. The fourth-order valence-electron chi connectivity index (χ4n) is 2.98. The average molecular weight is 372 g/mol. The molecule has 0 saturated heterocycles. The SMILES string of the molecule is CC(=O)NCc1ccc(C(=O)NC2CCS(=O)(=O)c3ccccc32)cc1. The second kappa shape index (κ2) is 7.29. The van der Waals surface area contributed by atoms with Crippen molar-refractivity contribution in [3.8, 4) is 0 Å². The topological polar surface area (TPSA) is 92.3 Å². The summed E-state index contributed by atoms with van der Waals surface area (Å²) in [6.07, 6.45) is 0.353. The normalized spacial score (nSPS) is 17.8. The molecular formula is C19H20N2O4S. The molecule has 136 valence electrons. The lowest BCUT2D eigenvalue weighted by Gasteiger charge is -2.26. The first-order valence-corrected chi connectivity index (χ1v) is 9.98. The molecule has 1 aliphatic rings. The van der Waals surface area contributed by atoms with E-state index in [1.54, 1.807) is 48.5 Å². The molecule has 1 aliphatic heterocycles. The van der Waals surface area contributed by atoms with E-state index in [-0.39, 0.29) is 23.6 Å². The third-order valence-corrected chi connectivity index (χ3v) is 6.18. The molecule has 6 nitrogen and oxygen atoms in total. The second-order valence-corrected chi connectivity index (χ2v) is 8.36. The molecule has 0 aliphatic carbocycles. The van der Waals surface area contributed by atoms with Crippen LogP contribution in [0.5, 0.6) is 0 Å². The maximum Gasteiger partial charge on any atom is 0.251 e. The van der Waals surface area contributed by atoms with E-state index in [2.05, 4.69) is 10.6 Å². The fourth-order valence-corrected chi connectivity index (χ4v) is 4.60. The third-order valence-electron chi connectivity index (χ3n) is 4.37. The van der Waals surface area contributed by atoms with E-state index >= 15 is 0 Å². The highest BCUT2D eigenvalue weighted by molar-refractivity contribution is 7.91. The molecule has 0 fully saturated rings. The van der Waals surface area contributed by atoms with Crippen LogP contribution in [0.1, 0.15) is 40.9 Å². The Morgan fingerprint density at radius 1 is 1.08 bits per heavy atom. The van der Waals surface area contributed by atoms with Crippen LogP contribution in [0.2, 0.25) is 0 Å². The molecule has 0 saturated carbocycles. The van der Waals surface area contributed by atoms with Crippen molar-refractivity contribution >= 4 is 21.7 Å². The third kappa shape index (κ3) is 3.94. The summed E-state index contributed by atoms with van der Waals surface area (Å²) in [5, 5.41) is 5.62. The first kappa shape index (κ1) is 18.1. The summed E-state index contributed by atoms with van der Waals surface area (Å²) in [7, 11) is -3.28. The van der Waals surface area contributed by atoms with Crippen molar-refractivity contribution in [2.24, 2.45) is 0 Å². The zero-order valence-corrected chi connectivity index (χ0v) is 15.2. The minimum Gasteiger partial charge on any atom is -0.352 e. The molecule has 0 radical (unpaired) electrons. The van der Waals surface area contributed by atoms with Gasteiger partial charge in [0.05, 0.1) is 16.7 Å². The van der Waals surface area contributed by atoms with Crippen molar-refractivity contribution in [3.63, 3.8) is 0 Å². The molecule has 0 aromatic heterocycles. The number of carbonyl (C=O) groups is 2. The van der Waals surface area contributed by atoms with Crippen LogP contribution in [-0.4, -0.2) is 26.0 Å². The van der Waals surface area contributed by atoms with Gasteiger partial charge in [0.25, 0.3) is 5.91 Å². The highest BCUT2D eigenvalue weighted by Gasteiger charge is 2.30. The molecular weight excluding hydrogens is 352 g/mol. The summed E-state index contributed by atoms with van der Waals surface area (Å²) >= 11 is 0. The Labute approximate surface area is 152 Å². The minimum atomic E-state index is -3.28. The van der Waals surface area contributed by atoms with E-state index in [1.165, 1.54) is 6.92 Å². The lowest BCUT2D eigenvalue weighted by atomic mass is 10.0. The number of hydrogen-bond acceptors (Lipinski definition) is 4. The van der Waals surface area contributed by atoms with Crippen LogP contribution in [-0.2, 0) is 21.2 Å². The van der Waals surface area contributed by atoms with Crippen molar-refractivity contribution in [2.45, 2.75) is 30.8 Å². The molecule has 2 aromatic carbocycles. The molecule has 1 heterocycles. The number of hydrogen-bond donors (Lipinski definition) is 2. The predicted octanol–water partition coefficient (Wildman–Crippen LogP) is 1.97. The van der Waals surface area contributed by atoms with Gasteiger partial charge in [-0.2, -0.15) is 0 Å². The van der Waals surface area contributed by atoms with Gasteiger partial charge in [-0.1, -0.05) is 30.3 Å². The van der Waals surface area contributed by atoms with Crippen LogP contribution >= 0.6 is 0 Å². The van der Waals surface area contributed by atoms with Crippen molar-refractivity contribution in [1.82, 2.24) is 10.6 Å². The van der Waals surface area contributed by atoms with Gasteiger partial charge in [0, 0.05) is 19.0 Å².